The summed E-state index contributed by atoms with van der Waals surface area (Å²) in [6.45, 7) is 0.946. The number of amides is 1. The lowest BCUT2D eigenvalue weighted by Gasteiger charge is -2.19. The quantitative estimate of drug-likeness (QED) is 0.818. The summed E-state index contributed by atoms with van der Waals surface area (Å²) in [4.78, 5) is 14.2. The zero-order valence-electron chi connectivity index (χ0n) is 12.4. The third-order valence-corrected chi connectivity index (χ3v) is 3.87. The molecule has 0 saturated carbocycles. The van der Waals surface area contributed by atoms with Crippen LogP contribution in [-0.2, 0) is 20.7 Å². The summed E-state index contributed by atoms with van der Waals surface area (Å²) in [5, 5.41) is 9.30. The van der Waals surface area contributed by atoms with E-state index in [0.717, 1.165) is 5.56 Å². The van der Waals surface area contributed by atoms with E-state index in [1.54, 1.807) is 19.1 Å². The molecule has 1 aromatic rings. The Morgan fingerprint density at radius 3 is 2.33 bits per heavy atom. The van der Waals surface area contributed by atoms with E-state index >= 15 is 0 Å². The Morgan fingerprint density at radius 2 is 1.86 bits per heavy atom. The normalized spacial score (nSPS) is 22.8. The molecule has 1 saturated heterocycles. The van der Waals surface area contributed by atoms with Gasteiger partial charge in [-0.15, -0.1) is 0 Å². The molecule has 0 spiro atoms. The van der Waals surface area contributed by atoms with Gasteiger partial charge in [-0.1, -0.05) is 30.3 Å². The number of methoxy groups -OCH3 is 2. The number of benzene rings is 1. The first kappa shape index (κ1) is 15.5. The number of likely N-dealkylation sites (tertiary alicyclic amines) is 1. The van der Waals surface area contributed by atoms with Gasteiger partial charge in [-0.05, 0) is 12.0 Å². The van der Waals surface area contributed by atoms with Crippen molar-refractivity contribution in [1.29, 1.82) is 5.26 Å². The molecule has 1 fully saturated rings. The van der Waals surface area contributed by atoms with Crippen LogP contribution < -0.4 is 0 Å². The molecule has 1 aliphatic rings. The molecule has 3 atom stereocenters. The van der Waals surface area contributed by atoms with Gasteiger partial charge in [-0.2, -0.15) is 5.26 Å². The summed E-state index contributed by atoms with van der Waals surface area (Å²) < 4.78 is 10.6. The molecule has 5 heteroatoms. The molecule has 0 bridgehead atoms. The molecule has 21 heavy (non-hydrogen) atoms. The molecule has 5 nitrogen and oxygen atoms in total. The predicted octanol–water partition coefficient (Wildman–Crippen LogP) is 1.24. The number of rotatable bonds is 5. The zero-order chi connectivity index (χ0) is 15.2. The van der Waals surface area contributed by atoms with Crippen molar-refractivity contribution in [2.75, 3.05) is 27.3 Å². The van der Waals surface area contributed by atoms with Crippen LogP contribution in [0.15, 0.2) is 30.3 Å². The van der Waals surface area contributed by atoms with Gasteiger partial charge >= 0.3 is 0 Å². The summed E-state index contributed by atoms with van der Waals surface area (Å²) in [6.07, 6.45) is 0.173. The van der Waals surface area contributed by atoms with E-state index in [2.05, 4.69) is 6.07 Å². The molecule has 1 aliphatic heterocycles. The smallest absolute Gasteiger partial charge is 0.240 e. The van der Waals surface area contributed by atoms with Crippen molar-refractivity contribution in [2.24, 2.45) is 5.92 Å². The van der Waals surface area contributed by atoms with Crippen molar-refractivity contribution in [3.8, 4) is 6.07 Å². The zero-order valence-corrected chi connectivity index (χ0v) is 12.4. The number of carbonyl (C=O) groups excluding carboxylic acids is 1. The number of ether oxygens (including phenoxy) is 2. The molecule has 0 aromatic heterocycles. The molecule has 2 rings (SSSR count). The van der Waals surface area contributed by atoms with Crippen LogP contribution in [0.2, 0.25) is 0 Å². The number of nitrogens with zero attached hydrogens (tertiary/aromatic N) is 2. The first-order chi connectivity index (χ1) is 10.2. The second-order valence-corrected chi connectivity index (χ2v) is 5.16. The minimum absolute atomic E-state index is 0.130. The van der Waals surface area contributed by atoms with Crippen molar-refractivity contribution < 1.29 is 14.3 Å². The third-order valence-electron chi connectivity index (χ3n) is 3.87. The topological polar surface area (TPSA) is 62.6 Å². The Morgan fingerprint density at radius 1 is 1.29 bits per heavy atom. The lowest BCUT2D eigenvalue weighted by molar-refractivity contribution is -0.133. The Kier molecular flexibility index (Phi) is 5.32. The summed E-state index contributed by atoms with van der Waals surface area (Å²) in [5.74, 6) is -0.816. The largest absolute Gasteiger partial charge is 0.377 e. The van der Waals surface area contributed by atoms with Crippen LogP contribution in [0, 0.1) is 17.2 Å². The Hall–Kier alpha value is -1.90. The number of nitriles is 1. The summed E-state index contributed by atoms with van der Waals surface area (Å²) in [7, 11) is 3.22. The number of hydrogen-bond donors (Lipinski definition) is 0. The highest BCUT2D eigenvalue weighted by atomic mass is 16.5. The minimum Gasteiger partial charge on any atom is -0.377 e. The van der Waals surface area contributed by atoms with Crippen LogP contribution in [0.5, 0.6) is 0 Å². The van der Waals surface area contributed by atoms with Crippen LogP contribution in [0.25, 0.3) is 0 Å². The molecule has 0 radical (unpaired) electrons. The Bertz CT molecular complexity index is 500. The fourth-order valence-corrected chi connectivity index (χ4v) is 2.64. The number of carbonyl (C=O) groups is 1. The third kappa shape index (κ3) is 3.60. The predicted molar refractivity (Wildman–Crippen MR) is 77.4 cm³/mol. The van der Waals surface area contributed by atoms with Crippen molar-refractivity contribution >= 4 is 5.91 Å². The highest BCUT2D eigenvalue weighted by Gasteiger charge is 2.37. The molecule has 3 unspecified atom stereocenters. The van der Waals surface area contributed by atoms with Gasteiger partial charge in [0.25, 0.3) is 0 Å². The van der Waals surface area contributed by atoms with E-state index in [9.17, 15) is 10.1 Å². The molecule has 0 N–H and O–H groups in total. The van der Waals surface area contributed by atoms with Crippen molar-refractivity contribution in [1.82, 2.24) is 4.90 Å². The summed E-state index contributed by atoms with van der Waals surface area (Å²) in [6, 6.07) is 11.7. The van der Waals surface area contributed by atoms with Gasteiger partial charge in [0, 0.05) is 27.3 Å². The van der Waals surface area contributed by atoms with Gasteiger partial charge in [-0.3, -0.25) is 4.79 Å². The van der Waals surface area contributed by atoms with Crippen molar-refractivity contribution in [2.45, 2.75) is 18.6 Å². The van der Waals surface area contributed by atoms with Gasteiger partial charge < -0.3 is 14.4 Å². The maximum atomic E-state index is 12.5. The molecular weight excluding hydrogens is 268 g/mol. The van der Waals surface area contributed by atoms with E-state index in [-0.39, 0.29) is 18.1 Å². The van der Waals surface area contributed by atoms with Gasteiger partial charge in [0.05, 0.1) is 6.07 Å². The van der Waals surface area contributed by atoms with E-state index in [0.29, 0.717) is 19.5 Å². The van der Waals surface area contributed by atoms with Crippen molar-refractivity contribution in [3.63, 3.8) is 0 Å². The van der Waals surface area contributed by atoms with Crippen LogP contribution in [0.1, 0.15) is 5.56 Å². The van der Waals surface area contributed by atoms with Gasteiger partial charge in [0.15, 0.2) is 0 Å². The minimum atomic E-state index is -0.666. The average molecular weight is 288 g/mol. The van der Waals surface area contributed by atoms with Gasteiger partial charge in [-0.25, -0.2) is 0 Å². The molecule has 1 heterocycles. The SMILES string of the molecule is COC1CN(C(=O)C(C#N)Cc2ccccc2)CC1OC. The monoisotopic (exact) mass is 288 g/mol. The van der Waals surface area contributed by atoms with Gasteiger partial charge in [0.1, 0.15) is 18.1 Å². The lowest BCUT2D eigenvalue weighted by Crippen LogP contribution is -2.35. The maximum absolute atomic E-state index is 12.5. The first-order valence-electron chi connectivity index (χ1n) is 6.97. The highest BCUT2D eigenvalue weighted by Crippen LogP contribution is 2.19. The molecule has 1 amide bonds. The second kappa shape index (κ2) is 7.21. The summed E-state index contributed by atoms with van der Waals surface area (Å²) >= 11 is 0. The van der Waals surface area contributed by atoms with E-state index < -0.39 is 5.92 Å². The second-order valence-electron chi connectivity index (χ2n) is 5.16. The van der Waals surface area contributed by atoms with Gasteiger partial charge in [0.2, 0.25) is 5.91 Å². The fraction of sp³-hybridized carbons (Fsp3) is 0.500. The number of hydrogen-bond acceptors (Lipinski definition) is 4. The molecular formula is C16H20N2O3. The van der Waals surface area contributed by atoms with Crippen LogP contribution in [-0.4, -0.2) is 50.3 Å². The lowest BCUT2D eigenvalue weighted by atomic mass is 9.99. The van der Waals surface area contributed by atoms with Crippen molar-refractivity contribution in [3.05, 3.63) is 35.9 Å². The van der Waals surface area contributed by atoms with Crippen LogP contribution in [0.3, 0.4) is 0 Å². The average Bonchev–Trinajstić information content (AvgIpc) is 2.96. The Labute approximate surface area is 125 Å². The van der Waals surface area contributed by atoms with Crippen LogP contribution in [0.4, 0.5) is 0 Å². The maximum Gasteiger partial charge on any atom is 0.240 e. The van der Waals surface area contributed by atoms with E-state index in [1.807, 2.05) is 30.3 Å². The highest BCUT2D eigenvalue weighted by molar-refractivity contribution is 5.82. The summed E-state index contributed by atoms with van der Waals surface area (Å²) in [5.41, 5.74) is 0.989. The first-order valence-corrected chi connectivity index (χ1v) is 6.97. The standard InChI is InChI=1S/C16H20N2O3/c1-20-14-10-18(11-15(14)21-2)16(19)13(9-17)8-12-6-4-3-5-7-12/h3-7,13-15H,8,10-11H2,1-2H3. The van der Waals surface area contributed by atoms with Crippen LogP contribution >= 0.6 is 0 Å². The Balaban J connectivity index is 2.03. The van der Waals surface area contributed by atoms with E-state index in [4.69, 9.17) is 9.47 Å². The molecule has 0 aliphatic carbocycles. The fourth-order valence-electron chi connectivity index (χ4n) is 2.64. The molecule has 112 valence electrons. The molecule has 1 aromatic carbocycles. The van der Waals surface area contributed by atoms with E-state index in [1.165, 1.54) is 0 Å².